The molecule has 0 unspecified atom stereocenters. The van der Waals surface area contributed by atoms with E-state index in [1.54, 1.807) is 14.2 Å². The fourth-order valence-corrected chi connectivity index (χ4v) is 2.98. The molecule has 1 saturated carbocycles. The summed E-state index contributed by atoms with van der Waals surface area (Å²) in [6.07, 6.45) is 7.96. The molecule has 0 bridgehead atoms. The van der Waals surface area contributed by atoms with E-state index < -0.39 is 0 Å². The number of aliphatic imine (C=N–C) groups is 1. The Balaban J connectivity index is 1.80. The van der Waals surface area contributed by atoms with Crippen LogP contribution in [0.5, 0.6) is 11.5 Å². The number of anilines is 1. The normalized spacial score (nSPS) is 15.8. The highest BCUT2D eigenvalue weighted by atomic mass is 16.5. The van der Waals surface area contributed by atoms with Gasteiger partial charge < -0.3 is 20.5 Å². The lowest BCUT2D eigenvalue weighted by Gasteiger charge is -2.11. The van der Waals surface area contributed by atoms with Gasteiger partial charge in [0, 0.05) is 18.3 Å². The zero-order valence-corrected chi connectivity index (χ0v) is 13.6. The van der Waals surface area contributed by atoms with E-state index in [2.05, 4.69) is 10.3 Å². The number of guanidine groups is 1. The van der Waals surface area contributed by atoms with Crippen LogP contribution in [-0.2, 0) is 0 Å². The molecule has 1 aliphatic carbocycles. The maximum atomic E-state index is 5.93. The third-order valence-electron chi connectivity index (χ3n) is 4.18. The third kappa shape index (κ3) is 4.83. The summed E-state index contributed by atoms with van der Waals surface area (Å²) in [6, 6.07) is 5.58. The molecule has 0 atom stereocenters. The predicted octanol–water partition coefficient (Wildman–Crippen LogP) is 3.40. The summed E-state index contributed by atoms with van der Waals surface area (Å²) in [6.45, 7) is 0.780. The molecule has 1 aliphatic rings. The highest BCUT2D eigenvalue weighted by molar-refractivity contribution is 5.92. The highest BCUT2D eigenvalue weighted by Gasteiger charge is 2.13. The summed E-state index contributed by atoms with van der Waals surface area (Å²) in [7, 11) is 3.23. The first-order valence-electron chi connectivity index (χ1n) is 8.02. The summed E-state index contributed by atoms with van der Waals surface area (Å²) < 4.78 is 10.5. The Labute approximate surface area is 132 Å². The molecule has 2 rings (SSSR count). The van der Waals surface area contributed by atoms with Gasteiger partial charge in [0.25, 0.3) is 0 Å². The van der Waals surface area contributed by atoms with Gasteiger partial charge in [-0.3, -0.25) is 4.99 Å². The van der Waals surface area contributed by atoms with Crippen LogP contribution in [0.4, 0.5) is 5.69 Å². The average molecular weight is 305 g/mol. The Bertz CT molecular complexity index is 497. The molecule has 0 radical (unpaired) electrons. The van der Waals surface area contributed by atoms with Gasteiger partial charge in [-0.25, -0.2) is 0 Å². The molecule has 0 saturated heterocycles. The number of benzene rings is 1. The van der Waals surface area contributed by atoms with E-state index in [1.165, 1.54) is 32.1 Å². The second-order valence-corrected chi connectivity index (χ2v) is 5.75. The third-order valence-corrected chi connectivity index (χ3v) is 4.18. The van der Waals surface area contributed by atoms with E-state index in [1.807, 2.05) is 18.2 Å². The van der Waals surface area contributed by atoms with Crippen molar-refractivity contribution in [3.05, 3.63) is 18.2 Å². The van der Waals surface area contributed by atoms with Gasteiger partial charge in [-0.2, -0.15) is 0 Å². The zero-order valence-electron chi connectivity index (χ0n) is 13.6. The van der Waals surface area contributed by atoms with Crippen LogP contribution in [0.3, 0.4) is 0 Å². The van der Waals surface area contributed by atoms with E-state index in [9.17, 15) is 0 Å². The summed E-state index contributed by atoms with van der Waals surface area (Å²) >= 11 is 0. The molecule has 0 heterocycles. The lowest BCUT2D eigenvalue weighted by Crippen LogP contribution is -2.22. The lowest BCUT2D eigenvalue weighted by molar-refractivity contribution is 0.355. The van der Waals surface area contributed by atoms with Crippen LogP contribution in [0.2, 0.25) is 0 Å². The number of nitrogens with zero attached hydrogens (tertiary/aromatic N) is 1. The van der Waals surface area contributed by atoms with Gasteiger partial charge in [0.05, 0.1) is 14.2 Å². The number of hydrogen-bond donors (Lipinski definition) is 2. The molecule has 1 aromatic rings. The summed E-state index contributed by atoms with van der Waals surface area (Å²) in [5.74, 6) is 2.72. The van der Waals surface area contributed by atoms with Crippen LogP contribution in [0.1, 0.15) is 38.5 Å². The van der Waals surface area contributed by atoms with E-state index in [4.69, 9.17) is 15.2 Å². The second kappa shape index (κ2) is 8.51. The topological polar surface area (TPSA) is 68.9 Å². The minimum Gasteiger partial charge on any atom is -0.493 e. The minimum atomic E-state index is 0.443. The molecule has 122 valence electrons. The first kappa shape index (κ1) is 16.5. The Kier molecular flexibility index (Phi) is 6.37. The number of nitrogens with two attached hydrogens (primary N) is 1. The van der Waals surface area contributed by atoms with Crippen molar-refractivity contribution >= 4 is 11.6 Å². The van der Waals surface area contributed by atoms with Gasteiger partial charge in [0.15, 0.2) is 17.5 Å². The number of ether oxygens (including phenoxy) is 2. The molecule has 0 amide bonds. The summed E-state index contributed by atoms with van der Waals surface area (Å²) in [5.41, 5.74) is 6.77. The molecule has 0 aliphatic heterocycles. The average Bonchev–Trinajstić information content (AvgIpc) is 3.04. The van der Waals surface area contributed by atoms with Gasteiger partial charge in [0.2, 0.25) is 0 Å². The molecule has 1 aromatic carbocycles. The first-order chi connectivity index (χ1) is 10.7. The lowest BCUT2D eigenvalue weighted by atomic mass is 10.0. The van der Waals surface area contributed by atoms with Crippen LogP contribution in [0.25, 0.3) is 0 Å². The van der Waals surface area contributed by atoms with Gasteiger partial charge >= 0.3 is 0 Å². The van der Waals surface area contributed by atoms with Gasteiger partial charge in [-0.1, -0.05) is 25.7 Å². The first-order valence-corrected chi connectivity index (χ1v) is 8.02. The second-order valence-electron chi connectivity index (χ2n) is 5.75. The smallest absolute Gasteiger partial charge is 0.193 e. The van der Waals surface area contributed by atoms with Gasteiger partial charge in [-0.05, 0) is 30.9 Å². The van der Waals surface area contributed by atoms with E-state index in [0.717, 1.165) is 24.6 Å². The molecular formula is C17H27N3O2. The van der Waals surface area contributed by atoms with Gasteiger partial charge in [0.1, 0.15) is 0 Å². The molecule has 3 N–H and O–H groups in total. The number of hydrogen-bond acceptors (Lipinski definition) is 3. The van der Waals surface area contributed by atoms with E-state index >= 15 is 0 Å². The van der Waals surface area contributed by atoms with Crippen LogP contribution in [-0.4, -0.2) is 26.7 Å². The minimum absolute atomic E-state index is 0.443. The number of methoxy groups -OCH3 is 2. The Morgan fingerprint density at radius 2 is 1.95 bits per heavy atom. The van der Waals surface area contributed by atoms with Crippen LogP contribution in [0, 0.1) is 5.92 Å². The van der Waals surface area contributed by atoms with Crippen molar-refractivity contribution in [3.8, 4) is 11.5 Å². The maximum Gasteiger partial charge on any atom is 0.193 e. The predicted molar refractivity (Wildman–Crippen MR) is 90.9 cm³/mol. The Morgan fingerprint density at radius 3 is 2.64 bits per heavy atom. The fourth-order valence-electron chi connectivity index (χ4n) is 2.98. The molecule has 22 heavy (non-hydrogen) atoms. The van der Waals surface area contributed by atoms with Crippen molar-refractivity contribution in [2.75, 3.05) is 26.1 Å². The number of nitrogens with one attached hydrogen (secondary N) is 1. The quantitative estimate of drug-likeness (QED) is 0.460. The summed E-state index contributed by atoms with van der Waals surface area (Å²) in [4.78, 5) is 4.39. The van der Waals surface area contributed by atoms with Crippen molar-refractivity contribution in [3.63, 3.8) is 0 Å². The number of rotatable bonds is 7. The van der Waals surface area contributed by atoms with Crippen molar-refractivity contribution in [1.82, 2.24) is 0 Å². The van der Waals surface area contributed by atoms with Crippen molar-refractivity contribution < 1.29 is 9.47 Å². The SMILES string of the molecule is COc1ccc(NC(N)=NCCCC2CCCC2)cc1OC. The van der Waals surface area contributed by atoms with Gasteiger partial charge in [-0.15, -0.1) is 0 Å². The molecule has 5 nitrogen and oxygen atoms in total. The molecule has 5 heteroatoms. The highest BCUT2D eigenvalue weighted by Crippen LogP contribution is 2.30. The Hall–Kier alpha value is -1.91. The van der Waals surface area contributed by atoms with Crippen molar-refractivity contribution in [1.29, 1.82) is 0 Å². The largest absolute Gasteiger partial charge is 0.493 e. The zero-order chi connectivity index (χ0) is 15.8. The van der Waals surface area contributed by atoms with Crippen LogP contribution in [0.15, 0.2) is 23.2 Å². The maximum absolute atomic E-state index is 5.93. The van der Waals surface area contributed by atoms with Crippen molar-refractivity contribution in [2.24, 2.45) is 16.6 Å². The van der Waals surface area contributed by atoms with E-state index in [-0.39, 0.29) is 0 Å². The van der Waals surface area contributed by atoms with Crippen LogP contribution >= 0.6 is 0 Å². The molecule has 1 fully saturated rings. The van der Waals surface area contributed by atoms with Crippen molar-refractivity contribution in [2.45, 2.75) is 38.5 Å². The standard InChI is InChI=1S/C17H27N3O2/c1-21-15-10-9-14(12-16(15)22-2)20-17(18)19-11-5-8-13-6-3-4-7-13/h9-10,12-13H,3-8,11H2,1-2H3,(H3,18,19,20). The molecule has 0 spiro atoms. The molecule has 0 aromatic heterocycles. The fraction of sp³-hybridized carbons (Fsp3) is 0.588. The Morgan fingerprint density at radius 1 is 1.23 bits per heavy atom. The van der Waals surface area contributed by atoms with Crippen LogP contribution < -0.4 is 20.5 Å². The molecular weight excluding hydrogens is 278 g/mol. The van der Waals surface area contributed by atoms with E-state index in [0.29, 0.717) is 17.5 Å². The summed E-state index contributed by atoms with van der Waals surface area (Å²) in [5, 5.41) is 3.09. The monoisotopic (exact) mass is 305 g/mol.